The van der Waals surface area contributed by atoms with Gasteiger partial charge in [-0.2, -0.15) is 8.42 Å². The summed E-state index contributed by atoms with van der Waals surface area (Å²) in [5.41, 5.74) is 5.56. The minimum Gasteiger partial charge on any atom is -0.327 e. The Morgan fingerprint density at radius 1 is 1.45 bits per heavy atom. The van der Waals surface area contributed by atoms with E-state index >= 15 is 0 Å². The van der Waals surface area contributed by atoms with Gasteiger partial charge in [-0.3, -0.25) is 0 Å². The van der Waals surface area contributed by atoms with Crippen LogP contribution in [0, 0.1) is 5.92 Å². The van der Waals surface area contributed by atoms with Gasteiger partial charge in [0.15, 0.2) is 0 Å². The first-order chi connectivity index (χ1) is 4.99. The number of nitrogens with two attached hydrogens (primary N) is 1. The van der Waals surface area contributed by atoms with Crippen molar-refractivity contribution in [1.82, 2.24) is 0 Å². The van der Waals surface area contributed by atoms with E-state index in [0.29, 0.717) is 0 Å². The zero-order chi connectivity index (χ0) is 8.48. The third-order valence-corrected chi connectivity index (χ3v) is 2.96. The molecule has 3 nitrogen and oxygen atoms in total. The lowest BCUT2D eigenvalue weighted by Crippen LogP contribution is -2.28. The Morgan fingerprint density at radius 2 is 2.09 bits per heavy atom. The molecule has 0 saturated heterocycles. The molecule has 1 aliphatic rings. The van der Waals surface area contributed by atoms with Gasteiger partial charge in [-0.05, 0) is 18.8 Å². The number of halogens is 1. The highest BCUT2D eigenvalue weighted by molar-refractivity contribution is 7.86. The van der Waals surface area contributed by atoms with E-state index in [1.165, 1.54) is 0 Å². The van der Waals surface area contributed by atoms with Gasteiger partial charge < -0.3 is 5.73 Å². The maximum atomic E-state index is 12.1. The summed E-state index contributed by atoms with van der Waals surface area (Å²) in [7, 11) is -4.32. The smallest absolute Gasteiger partial charge is 0.302 e. The van der Waals surface area contributed by atoms with E-state index in [2.05, 4.69) is 0 Å². The van der Waals surface area contributed by atoms with Gasteiger partial charge >= 0.3 is 10.2 Å². The van der Waals surface area contributed by atoms with Crippen LogP contribution in [0.15, 0.2) is 0 Å². The van der Waals surface area contributed by atoms with E-state index in [-0.39, 0.29) is 12.0 Å². The lowest BCUT2D eigenvalue weighted by Gasteiger charge is -2.11. The Balaban J connectivity index is 2.50. The minimum atomic E-state index is -4.32. The van der Waals surface area contributed by atoms with Crippen LogP contribution >= 0.6 is 0 Å². The third-order valence-electron chi connectivity index (χ3n) is 2.13. The number of rotatable bonds is 2. The third kappa shape index (κ3) is 2.75. The fraction of sp³-hybridized carbons (Fsp3) is 1.00. The molecular weight excluding hydrogens is 169 g/mol. The lowest BCUT2D eigenvalue weighted by atomic mass is 10.1. The van der Waals surface area contributed by atoms with Crippen molar-refractivity contribution >= 4 is 10.2 Å². The Kier molecular flexibility index (Phi) is 2.49. The maximum absolute atomic E-state index is 12.1. The quantitative estimate of drug-likeness (QED) is 0.628. The van der Waals surface area contributed by atoms with Crippen molar-refractivity contribution in [3.63, 3.8) is 0 Å². The molecule has 66 valence electrons. The summed E-state index contributed by atoms with van der Waals surface area (Å²) in [6, 6.07) is -0.125. The van der Waals surface area contributed by atoms with E-state index in [4.69, 9.17) is 5.73 Å². The molecule has 2 unspecified atom stereocenters. The van der Waals surface area contributed by atoms with E-state index < -0.39 is 16.0 Å². The molecular formula is C6H12FNO2S. The Labute approximate surface area is 66.0 Å². The van der Waals surface area contributed by atoms with Gasteiger partial charge in [0.2, 0.25) is 0 Å². The van der Waals surface area contributed by atoms with Crippen molar-refractivity contribution in [3.05, 3.63) is 0 Å². The molecule has 1 aliphatic carbocycles. The van der Waals surface area contributed by atoms with Crippen molar-refractivity contribution in [3.8, 4) is 0 Å². The molecule has 1 fully saturated rings. The van der Waals surface area contributed by atoms with Crippen molar-refractivity contribution in [2.45, 2.75) is 25.3 Å². The van der Waals surface area contributed by atoms with Crippen LogP contribution in [-0.2, 0) is 10.2 Å². The highest BCUT2D eigenvalue weighted by atomic mass is 32.3. The van der Waals surface area contributed by atoms with Crippen LogP contribution in [0.5, 0.6) is 0 Å². The van der Waals surface area contributed by atoms with Gasteiger partial charge in [0.05, 0.1) is 5.75 Å². The van der Waals surface area contributed by atoms with Crippen LogP contribution in [0.1, 0.15) is 19.3 Å². The van der Waals surface area contributed by atoms with Gasteiger partial charge in [0, 0.05) is 6.04 Å². The first-order valence-corrected chi connectivity index (χ1v) is 5.22. The van der Waals surface area contributed by atoms with Crippen LogP contribution in [0.2, 0.25) is 0 Å². The maximum Gasteiger partial charge on any atom is 0.302 e. The standard InChI is InChI=1S/C6H12FNO2S/c7-11(9,10)4-5-2-1-3-6(5)8/h5-6H,1-4,8H2. The van der Waals surface area contributed by atoms with Crippen LogP contribution in [0.4, 0.5) is 3.89 Å². The van der Waals surface area contributed by atoms with E-state index in [9.17, 15) is 12.3 Å². The highest BCUT2D eigenvalue weighted by Gasteiger charge is 2.28. The molecule has 1 saturated carbocycles. The highest BCUT2D eigenvalue weighted by Crippen LogP contribution is 2.25. The second-order valence-electron chi connectivity index (χ2n) is 3.06. The second kappa shape index (κ2) is 3.06. The predicted octanol–water partition coefficient (Wildman–Crippen LogP) is 0.413. The first-order valence-electron chi connectivity index (χ1n) is 3.67. The summed E-state index contributed by atoms with van der Waals surface area (Å²) in [6.07, 6.45) is 2.48. The molecule has 0 bridgehead atoms. The van der Waals surface area contributed by atoms with E-state index in [1.807, 2.05) is 0 Å². The Morgan fingerprint density at radius 3 is 2.45 bits per heavy atom. The first kappa shape index (κ1) is 8.93. The molecule has 0 spiro atoms. The molecule has 1 rings (SSSR count). The zero-order valence-electron chi connectivity index (χ0n) is 6.16. The molecule has 11 heavy (non-hydrogen) atoms. The van der Waals surface area contributed by atoms with Gasteiger partial charge in [-0.15, -0.1) is 3.89 Å². The SMILES string of the molecule is NC1CCCC1CS(=O)(=O)F. The molecule has 2 atom stereocenters. The van der Waals surface area contributed by atoms with Gasteiger partial charge in [-0.1, -0.05) is 6.42 Å². The molecule has 5 heteroatoms. The Bertz CT molecular complexity index is 227. The molecule has 0 amide bonds. The van der Waals surface area contributed by atoms with Crippen LogP contribution < -0.4 is 5.73 Å². The molecule has 0 radical (unpaired) electrons. The normalized spacial score (nSPS) is 32.5. The van der Waals surface area contributed by atoms with E-state index in [1.54, 1.807) is 0 Å². The lowest BCUT2D eigenvalue weighted by molar-refractivity contribution is 0.492. The van der Waals surface area contributed by atoms with Crippen LogP contribution in [0.25, 0.3) is 0 Å². The topological polar surface area (TPSA) is 60.2 Å². The van der Waals surface area contributed by atoms with Crippen molar-refractivity contribution < 1.29 is 12.3 Å². The summed E-state index contributed by atoms with van der Waals surface area (Å²) < 4.78 is 32.6. The molecule has 2 N–H and O–H groups in total. The monoisotopic (exact) mass is 181 g/mol. The number of hydrogen-bond donors (Lipinski definition) is 1. The molecule has 0 aromatic heterocycles. The summed E-state index contributed by atoms with van der Waals surface area (Å²) >= 11 is 0. The van der Waals surface area contributed by atoms with Gasteiger partial charge in [0.1, 0.15) is 0 Å². The second-order valence-corrected chi connectivity index (χ2v) is 4.47. The molecule has 0 aromatic rings. The van der Waals surface area contributed by atoms with Crippen molar-refractivity contribution in [1.29, 1.82) is 0 Å². The molecule has 0 heterocycles. The summed E-state index contributed by atoms with van der Waals surface area (Å²) in [6.45, 7) is 0. The summed E-state index contributed by atoms with van der Waals surface area (Å²) in [5.74, 6) is -0.557. The molecule has 0 aromatic carbocycles. The zero-order valence-corrected chi connectivity index (χ0v) is 6.98. The van der Waals surface area contributed by atoms with Crippen LogP contribution in [-0.4, -0.2) is 20.2 Å². The number of hydrogen-bond acceptors (Lipinski definition) is 3. The average Bonchev–Trinajstić information content (AvgIpc) is 2.12. The minimum absolute atomic E-state index is 0.125. The molecule has 0 aliphatic heterocycles. The van der Waals surface area contributed by atoms with Crippen molar-refractivity contribution in [2.24, 2.45) is 11.7 Å². The van der Waals surface area contributed by atoms with Gasteiger partial charge in [0.25, 0.3) is 0 Å². The van der Waals surface area contributed by atoms with Crippen LogP contribution in [0.3, 0.4) is 0 Å². The largest absolute Gasteiger partial charge is 0.327 e. The summed E-state index contributed by atoms with van der Waals surface area (Å²) in [4.78, 5) is 0. The fourth-order valence-electron chi connectivity index (χ4n) is 1.53. The van der Waals surface area contributed by atoms with E-state index in [0.717, 1.165) is 19.3 Å². The predicted molar refractivity (Wildman–Crippen MR) is 40.2 cm³/mol. The van der Waals surface area contributed by atoms with Crippen molar-refractivity contribution in [2.75, 3.05) is 5.75 Å². The average molecular weight is 181 g/mol. The van der Waals surface area contributed by atoms with Gasteiger partial charge in [-0.25, -0.2) is 0 Å². The fourth-order valence-corrected chi connectivity index (χ4v) is 2.45. The summed E-state index contributed by atoms with van der Waals surface area (Å²) in [5, 5.41) is 0. The Hall–Kier alpha value is -0.160.